The van der Waals surface area contributed by atoms with Gasteiger partial charge in [-0.1, -0.05) is 95.5 Å². The summed E-state index contributed by atoms with van der Waals surface area (Å²) in [6.07, 6.45) is 11.1. The molecule has 0 saturated heterocycles. The van der Waals surface area contributed by atoms with Crippen LogP contribution in [0.2, 0.25) is 0 Å². The molecule has 0 atom stereocenters. The second kappa shape index (κ2) is 14.4. The zero-order valence-corrected chi connectivity index (χ0v) is 21.4. The maximum atomic E-state index is 13.2. The Morgan fingerprint density at radius 3 is 2.23 bits per heavy atom. The van der Waals surface area contributed by atoms with Gasteiger partial charge < -0.3 is 19.1 Å². The number of unbranched alkanes of at least 4 members (excludes halogenated alkanes) is 8. The Morgan fingerprint density at radius 2 is 1.49 bits per heavy atom. The molecule has 5 nitrogen and oxygen atoms in total. The predicted octanol–water partition coefficient (Wildman–Crippen LogP) is 7.61. The van der Waals surface area contributed by atoms with Gasteiger partial charge >= 0.3 is 0 Å². The first-order chi connectivity index (χ1) is 17.2. The monoisotopic (exact) mass is 479 g/mol. The number of aromatic nitrogens is 1. The lowest BCUT2D eigenvalue weighted by molar-refractivity contribution is 0.290. The Bertz CT molecular complexity index is 1090. The maximum Gasteiger partial charge on any atom is 0.297 e. The lowest BCUT2D eigenvalue weighted by Crippen LogP contribution is -2.21. The standard InChI is InChI=1S/C30H41NO4/c1-3-5-7-9-10-14-20-31-27-22-25(35-23-24-16-12-11-13-17-24)18-19-26(27)29(28(32)30(31)33)34-21-15-8-6-4-2/h11-13,16-19,22,32H,3-10,14-15,20-21,23H2,1-2H3. The smallest absolute Gasteiger partial charge is 0.297 e. The normalized spacial score (nSPS) is 11.1. The first-order valence-corrected chi connectivity index (χ1v) is 13.3. The van der Waals surface area contributed by atoms with Crippen molar-refractivity contribution in [3.63, 3.8) is 0 Å². The number of hydrogen-bond donors (Lipinski definition) is 1. The third kappa shape index (κ3) is 7.78. The summed E-state index contributed by atoms with van der Waals surface area (Å²) in [5.41, 5.74) is 1.43. The number of aromatic hydroxyl groups is 1. The second-order valence-corrected chi connectivity index (χ2v) is 9.26. The highest BCUT2D eigenvalue weighted by Crippen LogP contribution is 2.34. The molecule has 1 N–H and O–H groups in total. The van der Waals surface area contributed by atoms with Gasteiger partial charge in [-0.15, -0.1) is 0 Å². The van der Waals surface area contributed by atoms with Crippen LogP contribution in [0.3, 0.4) is 0 Å². The van der Waals surface area contributed by atoms with E-state index in [0.717, 1.165) is 61.4 Å². The molecular formula is C30H41NO4. The minimum Gasteiger partial charge on any atom is -0.500 e. The zero-order chi connectivity index (χ0) is 24.9. The van der Waals surface area contributed by atoms with E-state index in [1.54, 1.807) is 4.57 Å². The average Bonchev–Trinajstić information content (AvgIpc) is 2.89. The predicted molar refractivity (Wildman–Crippen MR) is 144 cm³/mol. The number of rotatable bonds is 16. The molecule has 0 spiro atoms. The molecule has 0 aliphatic heterocycles. The molecule has 1 aromatic heterocycles. The van der Waals surface area contributed by atoms with Crippen molar-refractivity contribution in [3.8, 4) is 17.2 Å². The van der Waals surface area contributed by atoms with E-state index in [4.69, 9.17) is 9.47 Å². The Labute approximate surface area is 209 Å². The second-order valence-electron chi connectivity index (χ2n) is 9.26. The minimum absolute atomic E-state index is 0.287. The van der Waals surface area contributed by atoms with Crippen molar-refractivity contribution in [1.29, 1.82) is 0 Å². The number of hydrogen-bond acceptors (Lipinski definition) is 4. The van der Waals surface area contributed by atoms with Crippen LogP contribution in [0, 0.1) is 0 Å². The molecular weight excluding hydrogens is 438 g/mol. The van der Waals surface area contributed by atoms with Crippen molar-refractivity contribution < 1.29 is 14.6 Å². The summed E-state index contributed by atoms with van der Waals surface area (Å²) < 4.78 is 13.7. The van der Waals surface area contributed by atoms with E-state index in [9.17, 15) is 9.90 Å². The molecule has 0 amide bonds. The van der Waals surface area contributed by atoms with Crippen LogP contribution >= 0.6 is 0 Å². The fraction of sp³-hybridized carbons (Fsp3) is 0.500. The molecule has 190 valence electrons. The van der Waals surface area contributed by atoms with E-state index in [2.05, 4.69) is 13.8 Å². The molecule has 0 aliphatic rings. The van der Waals surface area contributed by atoms with Crippen molar-refractivity contribution in [2.75, 3.05) is 6.61 Å². The van der Waals surface area contributed by atoms with Crippen molar-refractivity contribution in [1.82, 2.24) is 4.57 Å². The van der Waals surface area contributed by atoms with Crippen LogP contribution < -0.4 is 15.0 Å². The maximum absolute atomic E-state index is 13.2. The zero-order valence-electron chi connectivity index (χ0n) is 21.4. The summed E-state index contributed by atoms with van der Waals surface area (Å²) in [5, 5.41) is 11.5. The summed E-state index contributed by atoms with van der Waals surface area (Å²) >= 11 is 0. The first-order valence-electron chi connectivity index (χ1n) is 13.3. The molecule has 0 aliphatic carbocycles. The molecule has 3 rings (SSSR count). The number of fused-ring (bicyclic) bond motifs is 1. The Kier molecular flexibility index (Phi) is 11.0. The van der Waals surface area contributed by atoms with Crippen LogP contribution in [0.15, 0.2) is 53.3 Å². The van der Waals surface area contributed by atoms with Gasteiger partial charge in [0.05, 0.1) is 12.1 Å². The fourth-order valence-corrected chi connectivity index (χ4v) is 4.34. The van der Waals surface area contributed by atoms with Gasteiger partial charge in [0.1, 0.15) is 12.4 Å². The lowest BCUT2D eigenvalue weighted by atomic mass is 10.1. The number of pyridine rings is 1. The fourth-order valence-electron chi connectivity index (χ4n) is 4.34. The van der Waals surface area contributed by atoms with Crippen molar-refractivity contribution in [2.45, 2.75) is 91.2 Å². The average molecular weight is 480 g/mol. The Balaban J connectivity index is 1.85. The third-order valence-corrected chi connectivity index (χ3v) is 6.40. The summed E-state index contributed by atoms with van der Waals surface area (Å²) in [7, 11) is 0. The molecule has 0 fully saturated rings. The summed E-state index contributed by atoms with van der Waals surface area (Å²) in [4.78, 5) is 13.2. The van der Waals surface area contributed by atoms with Gasteiger partial charge in [0.15, 0.2) is 5.75 Å². The van der Waals surface area contributed by atoms with Crippen LogP contribution in [0.5, 0.6) is 17.2 Å². The van der Waals surface area contributed by atoms with Crippen molar-refractivity contribution in [2.24, 2.45) is 0 Å². The number of benzene rings is 2. The van der Waals surface area contributed by atoms with Gasteiger partial charge in [-0.3, -0.25) is 4.79 Å². The highest BCUT2D eigenvalue weighted by Gasteiger charge is 2.18. The summed E-state index contributed by atoms with van der Waals surface area (Å²) in [6.45, 7) is 5.87. The van der Waals surface area contributed by atoms with Crippen LogP contribution in [-0.2, 0) is 13.2 Å². The summed E-state index contributed by atoms with van der Waals surface area (Å²) in [5.74, 6) is 0.685. The van der Waals surface area contributed by atoms with E-state index < -0.39 is 5.56 Å². The van der Waals surface area contributed by atoms with Crippen LogP contribution in [0.1, 0.15) is 83.6 Å². The Morgan fingerprint density at radius 1 is 0.800 bits per heavy atom. The highest BCUT2D eigenvalue weighted by atomic mass is 16.5. The van der Waals surface area contributed by atoms with Gasteiger partial charge in [-0.2, -0.15) is 0 Å². The van der Waals surface area contributed by atoms with Gasteiger partial charge in [-0.25, -0.2) is 0 Å². The van der Waals surface area contributed by atoms with Crippen LogP contribution in [-0.4, -0.2) is 16.3 Å². The van der Waals surface area contributed by atoms with Crippen LogP contribution in [0.4, 0.5) is 0 Å². The highest BCUT2D eigenvalue weighted by molar-refractivity contribution is 5.88. The lowest BCUT2D eigenvalue weighted by Gasteiger charge is -2.17. The van der Waals surface area contributed by atoms with Crippen molar-refractivity contribution in [3.05, 3.63) is 64.4 Å². The first kappa shape index (κ1) is 26.7. The van der Waals surface area contributed by atoms with E-state index in [1.807, 2.05) is 48.5 Å². The number of ether oxygens (including phenoxy) is 2. The van der Waals surface area contributed by atoms with E-state index in [0.29, 0.717) is 25.5 Å². The quantitative estimate of drug-likeness (QED) is 0.215. The molecule has 2 aromatic carbocycles. The van der Waals surface area contributed by atoms with E-state index in [1.165, 1.54) is 19.3 Å². The molecule has 0 unspecified atom stereocenters. The minimum atomic E-state index is -0.394. The largest absolute Gasteiger partial charge is 0.500 e. The third-order valence-electron chi connectivity index (χ3n) is 6.40. The number of nitrogens with zero attached hydrogens (tertiary/aromatic N) is 1. The van der Waals surface area contributed by atoms with E-state index >= 15 is 0 Å². The molecule has 5 heteroatoms. The van der Waals surface area contributed by atoms with Gasteiger partial charge in [0.25, 0.3) is 5.56 Å². The van der Waals surface area contributed by atoms with Gasteiger partial charge in [-0.05, 0) is 30.5 Å². The molecule has 1 heterocycles. The molecule has 0 saturated carbocycles. The van der Waals surface area contributed by atoms with Gasteiger partial charge in [0, 0.05) is 18.0 Å². The Hall–Kier alpha value is -2.95. The topological polar surface area (TPSA) is 60.7 Å². The summed E-state index contributed by atoms with van der Waals surface area (Å²) in [6, 6.07) is 15.7. The number of aryl methyl sites for hydroxylation is 1. The molecule has 0 radical (unpaired) electrons. The molecule has 3 aromatic rings. The van der Waals surface area contributed by atoms with Gasteiger partial charge in [0.2, 0.25) is 5.75 Å². The molecule has 35 heavy (non-hydrogen) atoms. The van der Waals surface area contributed by atoms with Crippen LogP contribution in [0.25, 0.3) is 10.9 Å². The van der Waals surface area contributed by atoms with E-state index in [-0.39, 0.29) is 11.5 Å². The van der Waals surface area contributed by atoms with Crippen molar-refractivity contribution >= 4 is 10.9 Å². The SMILES string of the molecule is CCCCCCCCn1c(=O)c(O)c(OCCCCCC)c2ccc(OCc3ccccc3)cc21. The molecule has 0 bridgehead atoms.